The minimum atomic E-state index is -3.31. The van der Waals surface area contributed by atoms with E-state index in [1.165, 1.54) is 0 Å². The molecule has 128 valence electrons. The molecule has 0 unspecified atom stereocenters. The van der Waals surface area contributed by atoms with Crippen LogP contribution < -0.4 is 4.72 Å². The molecule has 1 aromatic heterocycles. The van der Waals surface area contributed by atoms with Gasteiger partial charge in [-0.2, -0.15) is 4.98 Å². The number of hydrogen-bond donors (Lipinski definition) is 1. The first-order valence-corrected chi connectivity index (χ1v) is 9.52. The molecule has 0 amide bonds. The Balaban J connectivity index is 1.76. The Bertz CT molecular complexity index is 1010. The van der Waals surface area contributed by atoms with Crippen LogP contribution in [0.2, 0.25) is 5.02 Å². The molecule has 2 aromatic carbocycles. The van der Waals surface area contributed by atoms with Gasteiger partial charge in [-0.25, -0.2) is 8.42 Å². The zero-order chi connectivity index (χ0) is 17.9. The average Bonchev–Trinajstić information content (AvgIpc) is 3.02. The summed E-state index contributed by atoms with van der Waals surface area (Å²) in [6, 6.07) is 14.1. The van der Waals surface area contributed by atoms with Crippen LogP contribution in [0.4, 0.5) is 5.69 Å². The van der Waals surface area contributed by atoms with Crippen molar-refractivity contribution >= 4 is 39.5 Å². The predicted molar refractivity (Wildman–Crippen MR) is 98.6 cm³/mol. The van der Waals surface area contributed by atoms with E-state index in [-0.39, 0.29) is 0 Å². The molecule has 3 rings (SSSR count). The highest BCUT2D eigenvalue weighted by molar-refractivity contribution is 7.92. The molecule has 0 spiro atoms. The average molecular weight is 376 g/mol. The number of nitrogens with zero attached hydrogens (tertiary/aromatic N) is 2. The van der Waals surface area contributed by atoms with Gasteiger partial charge in [0.1, 0.15) is 0 Å². The van der Waals surface area contributed by atoms with Crippen LogP contribution in [0.5, 0.6) is 0 Å². The number of nitrogens with one attached hydrogen (secondary N) is 1. The standard InChI is InChI=1S/C17H14ClN3O3S/c1-25(22,23)21-14-9-6-13(7-10-14)17-19-16(24-20-17)11-8-12-4-2-3-5-15(12)18/h2-11,21H,1H3. The lowest BCUT2D eigenvalue weighted by molar-refractivity contribution is 0.411. The van der Waals surface area contributed by atoms with Gasteiger partial charge >= 0.3 is 0 Å². The second-order valence-corrected chi connectivity index (χ2v) is 7.42. The summed E-state index contributed by atoms with van der Waals surface area (Å²) < 4.78 is 30.0. The van der Waals surface area contributed by atoms with E-state index < -0.39 is 10.0 Å². The summed E-state index contributed by atoms with van der Waals surface area (Å²) in [7, 11) is -3.31. The maximum atomic E-state index is 11.2. The zero-order valence-corrected chi connectivity index (χ0v) is 14.8. The molecule has 0 saturated heterocycles. The van der Waals surface area contributed by atoms with Crippen LogP contribution in [0.3, 0.4) is 0 Å². The largest absolute Gasteiger partial charge is 0.334 e. The SMILES string of the molecule is CS(=O)(=O)Nc1ccc(-c2noc(C=Cc3ccccc3Cl)n2)cc1. The zero-order valence-electron chi connectivity index (χ0n) is 13.2. The van der Waals surface area contributed by atoms with Gasteiger partial charge in [-0.1, -0.05) is 35.0 Å². The minimum absolute atomic E-state index is 0.341. The topological polar surface area (TPSA) is 85.1 Å². The van der Waals surface area contributed by atoms with Gasteiger partial charge in [-0.3, -0.25) is 4.72 Å². The van der Waals surface area contributed by atoms with Crippen LogP contribution in [0, 0.1) is 0 Å². The maximum Gasteiger partial charge on any atom is 0.250 e. The van der Waals surface area contributed by atoms with Gasteiger partial charge in [-0.05, 0) is 42.0 Å². The van der Waals surface area contributed by atoms with E-state index in [4.69, 9.17) is 16.1 Å². The van der Waals surface area contributed by atoms with Crippen LogP contribution in [-0.4, -0.2) is 24.8 Å². The van der Waals surface area contributed by atoms with E-state index in [2.05, 4.69) is 14.9 Å². The highest BCUT2D eigenvalue weighted by Crippen LogP contribution is 2.21. The van der Waals surface area contributed by atoms with E-state index >= 15 is 0 Å². The third-order valence-corrected chi connectivity index (χ3v) is 4.15. The Morgan fingerprint density at radius 3 is 2.48 bits per heavy atom. The van der Waals surface area contributed by atoms with E-state index in [0.717, 1.165) is 11.8 Å². The van der Waals surface area contributed by atoms with Gasteiger partial charge in [0.05, 0.1) is 6.26 Å². The summed E-state index contributed by atoms with van der Waals surface area (Å²) in [5.74, 6) is 0.748. The second-order valence-electron chi connectivity index (χ2n) is 5.26. The molecule has 25 heavy (non-hydrogen) atoms. The van der Waals surface area contributed by atoms with Crippen LogP contribution >= 0.6 is 11.6 Å². The second kappa shape index (κ2) is 7.08. The number of halogens is 1. The Labute approximate surface area is 150 Å². The summed E-state index contributed by atoms with van der Waals surface area (Å²) >= 11 is 6.09. The smallest absolute Gasteiger partial charge is 0.250 e. The maximum absolute atomic E-state index is 11.2. The monoisotopic (exact) mass is 375 g/mol. The fourth-order valence-corrected chi connectivity index (χ4v) is 2.86. The van der Waals surface area contributed by atoms with Crippen LogP contribution in [0.15, 0.2) is 53.1 Å². The third-order valence-electron chi connectivity index (χ3n) is 3.20. The Hall–Kier alpha value is -2.64. The van der Waals surface area contributed by atoms with Gasteiger partial charge < -0.3 is 4.52 Å². The van der Waals surface area contributed by atoms with Gasteiger partial charge in [0, 0.05) is 22.3 Å². The van der Waals surface area contributed by atoms with Crippen molar-refractivity contribution in [3.05, 3.63) is 65.0 Å². The summed E-state index contributed by atoms with van der Waals surface area (Å²) in [6.45, 7) is 0. The van der Waals surface area contributed by atoms with Crippen molar-refractivity contribution in [1.82, 2.24) is 10.1 Å². The first kappa shape index (κ1) is 17.2. The van der Waals surface area contributed by atoms with Gasteiger partial charge in [0.2, 0.25) is 15.8 Å². The third kappa shape index (κ3) is 4.68. The molecule has 0 fully saturated rings. The fourth-order valence-electron chi connectivity index (χ4n) is 2.09. The van der Waals surface area contributed by atoms with Crippen LogP contribution in [0.25, 0.3) is 23.5 Å². The number of aromatic nitrogens is 2. The summed E-state index contributed by atoms with van der Waals surface area (Å²) in [5, 5.41) is 4.55. The lowest BCUT2D eigenvalue weighted by Gasteiger charge is -2.03. The molecule has 0 saturated carbocycles. The molecule has 1 N–H and O–H groups in total. The quantitative estimate of drug-likeness (QED) is 0.730. The Morgan fingerprint density at radius 1 is 1.08 bits per heavy atom. The molecule has 0 atom stereocenters. The highest BCUT2D eigenvalue weighted by Gasteiger charge is 2.08. The molecule has 0 aliphatic heterocycles. The highest BCUT2D eigenvalue weighted by atomic mass is 35.5. The molecule has 0 bridgehead atoms. The molecular weight excluding hydrogens is 362 g/mol. The summed E-state index contributed by atoms with van der Waals surface area (Å²) in [6.07, 6.45) is 4.56. The van der Waals surface area contributed by atoms with Crippen molar-refractivity contribution in [3.8, 4) is 11.4 Å². The van der Waals surface area contributed by atoms with Crippen LogP contribution in [0.1, 0.15) is 11.5 Å². The molecule has 0 aliphatic carbocycles. The molecule has 6 nitrogen and oxygen atoms in total. The Kier molecular flexibility index (Phi) is 4.87. The van der Waals surface area contributed by atoms with E-state index in [1.54, 1.807) is 42.5 Å². The van der Waals surface area contributed by atoms with E-state index in [1.807, 2.05) is 18.2 Å². The number of sulfonamides is 1. The van der Waals surface area contributed by atoms with Gasteiger partial charge in [0.15, 0.2) is 0 Å². The van der Waals surface area contributed by atoms with Crippen LogP contribution in [-0.2, 0) is 10.0 Å². The molecule has 8 heteroatoms. The summed E-state index contributed by atoms with van der Waals surface area (Å²) in [5.41, 5.74) is 2.02. The van der Waals surface area contributed by atoms with Crippen molar-refractivity contribution in [1.29, 1.82) is 0 Å². The first-order chi connectivity index (χ1) is 11.9. The van der Waals surface area contributed by atoms with Gasteiger partial charge in [0.25, 0.3) is 5.89 Å². The van der Waals surface area contributed by atoms with Gasteiger partial charge in [-0.15, -0.1) is 0 Å². The van der Waals surface area contributed by atoms with Crippen molar-refractivity contribution < 1.29 is 12.9 Å². The lowest BCUT2D eigenvalue weighted by atomic mass is 10.2. The fraction of sp³-hybridized carbons (Fsp3) is 0.0588. The first-order valence-electron chi connectivity index (χ1n) is 7.25. The summed E-state index contributed by atoms with van der Waals surface area (Å²) in [4.78, 5) is 4.28. The molecule has 0 aliphatic rings. The molecule has 1 heterocycles. The minimum Gasteiger partial charge on any atom is -0.334 e. The number of benzene rings is 2. The molecule has 0 radical (unpaired) electrons. The van der Waals surface area contributed by atoms with Crippen molar-refractivity contribution in [2.75, 3.05) is 11.0 Å². The lowest BCUT2D eigenvalue weighted by Crippen LogP contribution is -2.09. The predicted octanol–water partition coefficient (Wildman–Crippen LogP) is 3.93. The van der Waals surface area contributed by atoms with E-state index in [0.29, 0.717) is 28.0 Å². The van der Waals surface area contributed by atoms with E-state index in [9.17, 15) is 8.42 Å². The van der Waals surface area contributed by atoms with Crippen molar-refractivity contribution in [2.45, 2.75) is 0 Å². The number of anilines is 1. The normalized spacial score (nSPS) is 11.8. The molecule has 3 aromatic rings. The van der Waals surface area contributed by atoms with Crippen molar-refractivity contribution in [3.63, 3.8) is 0 Å². The Morgan fingerprint density at radius 2 is 1.80 bits per heavy atom. The number of rotatable bonds is 5. The van der Waals surface area contributed by atoms with Crippen molar-refractivity contribution in [2.24, 2.45) is 0 Å². The molecular formula is C17H14ClN3O3S. The number of hydrogen-bond acceptors (Lipinski definition) is 5.